The first-order valence-corrected chi connectivity index (χ1v) is 5.48. The van der Waals surface area contributed by atoms with Gasteiger partial charge in [-0.15, -0.1) is 11.3 Å². The monoisotopic (exact) mass is 211 g/mol. The molecule has 2 heterocycles. The van der Waals surface area contributed by atoms with Crippen LogP contribution in [-0.4, -0.2) is 15.8 Å². The summed E-state index contributed by atoms with van der Waals surface area (Å²) >= 11 is 2.97. The fourth-order valence-electron chi connectivity index (χ4n) is 1.16. The Kier molecular flexibility index (Phi) is 2.28. The fraction of sp³-hybridized carbons (Fsp3) is 0.250. The van der Waals surface area contributed by atoms with Crippen molar-refractivity contribution in [3.63, 3.8) is 0 Å². The predicted molar refractivity (Wildman–Crippen MR) is 57.5 cm³/mol. The first kappa shape index (κ1) is 8.65. The summed E-state index contributed by atoms with van der Waals surface area (Å²) in [6.45, 7) is 2.10. The van der Waals surface area contributed by atoms with E-state index in [2.05, 4.69) is 32.4 Å². The number of anilines is 1. The maximum atomic E-state index is 4.27. The zero-order valence-corrected chi connectivity index (χ0v) is 9.00. The highest BCUT2D eigenvalue weighted by Gasteiger charge is 2.11. The van der Waals surface area contributed by atoms with Gasteiger partial charge in [-0.2, -0.15) is 8.75 Å². The fourth-order valence-corrected chi connectivity index (χ4v) is 2.43. The van der Waals surface area contributed by atoms with Crippen LogP contribution in [0.4, 0.5) is 5.82 Å². The molecule has 68 valence electrons. The highest BCUT2D eigenvalue weighted by atomic mass is 32.1. The average molecular weight is 211 g/mol. The van der Waals surface area contributed by atoms with Crippen LogP contribution < -0.4 is 5.32 Å². The van der Waals surface area contributed by atoms with Crippen LogP contribution in [0, 0.1) is 6.92 Å². The lowest BCUT2D eigenvalue weighted by Crippen LogP contribution is -1.90. The first-order valence-electron chi connectivity index (χ1n) is 3.87. The van der Waals surface area contributed by atoms with Gasteiger partial charge in [-0.05, 0) is 18.4 Å². The van der Waals surface area contributed by atoms with Crippen molar-refractivity contribution in [2.24, 2.45) is 0 Å². The molecule has 0 aliphatic carbocycles. The first-order chi connectivity index (χ1) is 6.33. The van der Waals surface area contributed by atoms with E-state index in [9.17, 15) is 0 Å². The van der Waals surface area contributed by atoms with Crippen molar-refractivity contribution in [1.29, 1.82) is 0 Å². The van der Waals surface area contributed by atoms with Gasteiger partial charge in [0, 0.05) is 17.5 Å². The third kappa shape index (κ3) is 1.45. The summed E-state index contributed by atoms with van der Waals surface area (Å²) < 4.78 is 8.42. The molecule has 0 bridgehead atoms. The molecule has 1 N–H and O–H groups in total. The number of hydrogen-bond acceptors (Lipinski definition) is 5. The molecule has 0 spiro atoms. The Morgan fingerprint density at radius 2 is 2.23 bits per heavy atom. The van der Waals surface area contributed by atoms with Crippen molar-refractivity contribution in [1.82, 2.24) is 8.75 Å². The minimum atomic E-state index is 0.867. The maximum absolute atomic E-state index is 4.27. The van der Waals surface area contributed by atoms with Crippen LogP contribution in [0.5, 0.6) is 0 Å². The molecule has 0 unspecified atom stereocenters. The molecule has 2 aromatic heterocycles. The van der Waals surface area contributed by atoms with Gasteiger partial charge in [0.15, 0.2) is 5.82 Å². The largest absolute Gasteiger partial charge is 0.370 e. The van der Waals surface area contributed by atoms with Gasteiger partial charge >= 0.3 is 0 Å². The molecule has 0 saturated carbocycles. The SMILES string of the molecule is CNc1nsnc1-c1ccsc1C. The predicted octanol–water partition coefficient (Wildman–Crippen LogP) is 2.62. The smallest absolute Gasteiger partial charge is 0.167 e. The number of thiophene rings is 1. The molecule has 0 amide bonds. The molecule has 0 aliphatic rings. The molecule has 2 rings (SSSR count). The molecule has 0 fully saturated rings. The van der Waals surface area contributed by atoms with E-state index in [4.69, 9.17) is 0 Å². The summed E-state index contributed by atoms with van der Waals surface area (Å²) in [7, 11) is 1.86. The minimum Gasteiger partial charge on any atom is -0.370 e. The summed E-state index contributed by atoms with van der Waals surface area (Å²) in [6, 6.07) is 2.08. The van der Waals surface area contributed by atoms with Gasteiger partial charge in [-0.1, -0.05) is 0 Å². The van der Waals surface area contributed by atoms with Gasteiger partial charge in [0.05, 0.1) is 11.7 Å². The lowest BCUT2D eigenvalue weighted by atomic mass is 10.2. The van der Waals surface area contributed by atoms with Crippen LogP contribution in [0.3, 0.4) is 0 Å². The van der Waals surface area contributed by atoms with Gasteiger partial charge in [0.2, 0.25) is 0 Å². The van der Waals surface area contributed by atoms with E-state index in [1.165, 1.54) is 22.2 Å². The molecule has 2 aromatic rings. The van der Waals surface area contributed by atoms with Crippen LogP contribution >= 0.6 is 23.1 Å². The molecule has 0 saturated heterocycles. The topological polar surface area (TPSA) is 37.8 Å². The molecule has 0 aliphatic heterocycles. The number of aromatic nitrogens is 2. The second kappa shape index (κ2) is 3.43. The highest BCUT2D eigenvalue weighted by molar-refractivity contribution is 7.10. The van der Waals surface area contributed by atoms with E-state index in [1.807, 2.05) is 7.05 Å². The molecule has 5 heteroatoms. The zero-order valence-electron chi connectivity index (χ0n) is 7.37. The van der Waals surface area contributed by atoms with Gasteiger partial charge in [0.25, 0.3) is 0 Å². The third-order valence-corrected chi connectivity index (χ3v) is 3.21. The zero-order chi connectivity index (χ0) is 9.26. The lowest BCUT2D eigenvalue weighted by molar-refractivity contribution is 1.40. The van der Waals surface area contributed by atoms with E-state index in [-0.39, 0.29) is 0 Å². The quantitative estimate of drug-likeness (QED) is 0.829. The maximum Gasteiger partial charge on any atom is 0.167 e. The van der Waals surface area contributed by atoms with Crippen LogP contribution in [0.25, 0.3) is 11.3 Å². The summed E-state index contributed by atoms with van der Waals surface area (Å²) in [5.74, 6) is 0.867. The normalized spacial score (nSPS) is 10.3. The Labute approximate surface area is 84.8 Å². The number of nitrogens with one attached hydrogen (secondary N) is 1. The number of aryl methyl sites for hydroxylation is 1. The average Bonchev–Trinajstić information content (AvgIpc) is 2.71. The summed E-state index contributed by atoms with van der Waals surface area (Å²) in [5.41, 5.74) is 2.15. The van der Waals surface area contributed by atoms with Gasteiger partial charge in [-0.3, -0.25) is 0 Å². The molecule has 0 aromatic carbocycles. The second-order valence-corrected chi connectivity index (χ2v) is 4.25. The Bertz CT molecular complexity index is 405. The summed E-state index contributed by atoms with van der Waals surface area (Å²) in [4.78, 5) is 1.28. The van der Waals surface area contributed by atoms with Gasteiger partial charge < -0.3 is 5.32 Å². The Balaban J connectivity index is 2.52. The summed E-state index contributed by atoms with van der Waals surface area (Å²) in [5, 5.41) is 5.11. The molecular formula is C8H9N3S2. The number of hydrogen-bond donors (Lipinski definition) is 1. The van der Waals surface area contributed by atoms with Crippen molar-refractivity contribution in [3.05, 3.63) is 16.3 Å². The van der Waals surface area contributed by atoms with Crippen LogP contribution in [0.2, 0.25) is 0 Å². The van der Waals surface area contributed by atoms with Crippen LogP contribution in [-0.2, 0) is 0 Å². The van der Waals surface area contributed by atoms with Gasteiger partial charge in [-0.25, -0.2) is 0 Å². The van der Waals surface area contributed by atoms with Crippen LogP contribution in [0.15, 0.2) is 11.4 Å². The van der Waals surface area contributed by atoms with Crippen molar-refractivity contribution >= 4 is 28.9 Å². The second-order valence-electron chi connectivity index (χ2n) is 2.60. The van der Waals surface area contributed by atoms with Gasteiger partial charge in [0.1, 0.15) is 5.69 Å². The lowest BCUT2D eigenvalue weighted by Gasteiger charge is -1.97. The molecule has 13 heavy (non-hydrogen) atoms. The molecular weight excluding hydrogens is 202 g/mol. The van der Waals surface area contributed by atoms with Crippen molar-refractivity contribution in [2.45, 2.75) is 6.92 Å². The standard InChI is InChI=1S/C8H9N3S2/c1-5-6(3-4-12-5)7-8(9-2)11-13-10-7/h3-4H,1-2H3,(H,9,11). The van der Waals surface area contributed by atoms with Crippen LogP contribution in [0.1, 0.15) is 4.88 Å². The molecule has 3 nitrogen and oxygen atoms in total. The number of nitrogens with zero attached hydrogens (tertiary/aromatic N) is 2. The Morgan fingerprint density at radius 1 is 1.38 bits per heavy atom. The van der Waals surface area contributed by atoms with E-state index in [1.54, 1.807) is 11.3 Å². The molecule has 0 atom stereocenters. The molecule has 0 radical (unpaired) electrons. The van der Waals surface area contributed by atoms with Crippen molar-refractivity contribution in [2.75, 3.05) is 12.4 Å². The van der Waals surface area contributed by atoms with E-state index < -0.39 is 0 Å². The van der Waals surface area contributed by atoms with E-state index >= 15 is 0 Å². The van der Waals surface area contributed by atoms with Crippen molar-refractivity contribution in [3.8, 4) is 11.3 Å². The van der Waals surface area contributed by atoms with E-state index in [0.29, 0.717) is 0 Å². The van der Waals surface area contributed by atoms with Crippen molar-refractivity contribution < 1.29 is 0 Å². The minimum absolute atomic E-state index is 0.867. The highest BCUT2D eigenvalue weighted by Crippen LogP contribution is 2.31. The Hall–Kier alpha value is -0.940. The van der Waals surface area contributed by atoms with E-state index in [0.717, 1.165) is 11.5 Å². The Morgan fingerprint density at radius 3 is 2.85 bits per heavy atom. The third-order valence-electron chi connectivity index (χ3n) is 1.84. The number of rotatable bonds is 2. The summed E-state index contributed by atoms with van der Waals surface area (Å²) in [6.07, 6.45) is 0.